The molecule has 2 aromatic carbocycles. The summed E-state index contributed by atoms with van der Waals surface area (Å²) in [6.07, 6.45) is 1.59. The van der Waals surface area contributed by atoms with Gasteiger partial charge in [0.05, 0.1) is 0 Å². The monoisotopic (exact) mass is 300 g/mol. The lowest BCUT2D eigenvalue weighted by atomic mass is 9.79. The van der Waals surface area contributed by atoms with Gasteiger partial charge in [-0.25, -0.2) is 0 Å². The number of carbonyl (C=O) groups is 1. The number of ketones is 1. The van der Waals surface area contributed by atoms with Gasteiger partial charge in [0.15, 0.2) is 5.78 Å². The van der Waals surface area contributed by atoms with Crippen molar-refractivity contribution in [2.75, 3.05) is 0 Å². The van der Waals surface area contributed by atoms with Crippen LogP contribution in [0.4, 0.5) is 0 Å². The largest absolute Gasteiger partial charge is 0.294 e. The Hall–Kier alpha value is -1.41. The van der Waals surface area contributed by atoms with Crippen molar-refractivity contribution in [1.29, 1.82) is 0 Å². The van der Waals surface area contributed by atoms with E-state index in [-0.39, 0.29) is 5.78 Å². The molecule has 0 radical (unpaired) electrons. The molecule has 0 saturated carbocycles. The number of halogens is 1. The van der Waals surface area contributed by atoms with Gasteiger partial charge in [-0.3, -0.25) is 4.79 Å². The van der Waals surface area contributed by atoms with Gasteiger partial charge in [0.2, 0.25) is 0 Å². The zero-order chi connectivity index (χ0) is 12.5. The highest BCUT2D eigenvalue weighted by Gasteiger charge is 2.25. The van der Waals surface area contributed by atoms with Crippen molar-refractivity contribution in [2.45, 2.75) is 18.8 Å². The lowest BCUT2D eigenvalue weighted by Gasteiger charge is -2.23. The van der Waals surface area contributed by atoms with E-state index in [1.807, 2.05) is 30.3 Å². The van der Waals surface area contributed by atoms with Gasteiger partial charge in [0, 0.05) is 16.5 Å². The molecular weight excluding hydrogens is 288 g/mol. The smallest absolute Gasteiger partial charge is 0.163 e. The Balaban J connectivity index is 1.94. The van der Waals surface area contributed by atoms with Crippen LogP contribution in [-0.2, 0) is 6.42 Å². The first-order chi connectivity index (χ1) is 8.74. The minimum atomic E-state index is 0.268. The van der Waals surface area contributed by atoms with Crippen molar-refractivity contribution in [2.24, 2.45) is 0 Å². The number of hydrogen-bond donors (Lipinski definition) is 0. The summed E-state index contributed by atoms with van der Waals surface area (Å²) < 4.78 is 1.08. The zero-order valence-corrected chi connectivity index (χ0v) is 11.5. The van der Waals surface area contributed by atoms with Crippen LogP contribution >= 0.6 is 15.9 Å². The second-order valence-electron chi connectivity index (χ2n) is 4.74. The van der Waals surface area contributed by atoms with E-state index < -0.39 is 0 Å². The third-order valence-electron chi connectivity index (χ3n) is 3.56. The first-order valence-electron chi connectivity index (χ1n) is 6.10. The number of benzene rings is 2. The summed E-state index contributed by atoms with van der Waals surface area (Å²) in [4.78, 5) is 12.1. The number of Topliss-reactive ketones (excluding diaryl/α,β-unsaturated/α-hetero) is 1. The number of carbonyl (C=O) groups excluding carboxylic acids is 1. The topological polar surface area (TPSA) is 17.1 Å². The standard InChI is InChI=1S/C16H13BrO/c17-14-7-5-11(6-8-14)13-9-12-3-1-2-4-15(12)16(18)10-13/h1-8,13H,9-10H2. The van der Waals surface area contributed by atoms with Gasteiger partial charge in [-0.05, 0) is 35.6 Å². The van der Waals surface area contributed by atoms with E-state index >= 15 is 0 Å². The van der Waals surface area contributed by atoms with Crippen LogP contribution in [0.15, 0.2) is 53.0 Å². The van der Waals surface area contributed by atoms with Crippen molar-refractivity contribution in [1.82, 2.24) is 0 Å². The summed E-state index contributed by atoms with van der Waals surface area (Å²) >= 11 is 3.44. The highest BCUT2D eigenvalue weighted by Crippen LogP contribution is 2.32. The Morgan fingerprint density at radius 1 is 0.944 bits per heavy atom. The molecule has 1 unspecified atom stereocenters. The minimum absolute atomic E-state index is 0.268. The molecule has 0 amide bonds. The Morgan fingerprint density at radius 2 is 1.67 bits per heavy atom. The molecule has 1 atom stereocenters. The highest BCUT2D eigenvalue weighted by molar-refractivity contribution is 9.10. The first kappa shape index (κ1) is 11.7. The third kappa shape index (κ3) is 2.13. The molecule has 90 valence electrons. The van der Waals surface area contributed by atoms with Crippen LogP contribution in [0.2, 0.25) is 0 Å². The molecule has 2 aromatic rings. The van der Waals surface area contributed by atoms with Gasteiger partial charge in [-0.15, -0.1) is 0 Å². The predicted octanol–water partition coefficient (Wildman–Crippen LogP) is 4.36. The van der Waals surface area contributed by atoms with Crippen molar-refractivity contribution in [3.63, 3.8) is 0 Å². The maximum atomic E-state index is 12.1. The first-order valence-corrected chi connectivity index (χ1v) is 6.90. The van der Waals surface area contributed by atoms with Crippen LogP contribution in [0.5, 0.6) is 0 Å². The van der Waals surface area contributed by atoms with E-state index in [0.29, 0.717) is 12.3 Å². The van der Waals surface area contributed by atoms with Crippen LogP contribution in [0.25, 0.3) is 0 Å². The van der Waals surface area contributed by atoms with E-state index in [1.54, 1.807) is 0 Å². The summed E-state index contributed by atoms with van der Waals surface area (Å²) in [6.45, 7) is 0. The molecule has 1 aliphatic carbocycles. The molecule has 0 fully saturated rings. The molecule has 3 rings (SSSR count). The third-order valence-corrected chi connectivity index (χ3v) is 4.09. The summed E-state index contributed by atoms with van der Waals surface area (Å²) in [7, 11) is 0. The molecule has 2 heteroatoms. The van der Waals surface area contributed by atoms with Crippen molar-refractivity contribution >= 4 is 21.7 Å². The quantitative estimate of drug-likeness (QED) is 0.765. The molecule has 1 aliphatic rings. The fourth-order valence-electron chi connectivity index (χ4n) is 2.61. The Kier molecular flexibility index (Phi) is 3.04. The molecule has 0 spiro atoms. The van der Waals surface area contributed by atoms with Crippen LogP contribution in [0.1, 0.15) is 33.8 Å². The zero-order valence-electron chi connectivity index (χ0n) is 9.90. The maximum Gasteiger partial charge on any atom is 0.163 e. The Morgan fingerprint density at radius 3 is 2.44 bits per heavy atom. The summed E-state index contributed by atoms with van der Waals surface area (Å²) in [5, 5.41) is 0. The summed E-state index contributed by atoms with van der Waals surface area (Å²) in [6, 6.07) is 16.3. The average molecular weight is 301 g/mol. The Labute approximate surface area is 115 Å². The van der Waals surface area contributed by atoms with Crippen molar-refractivity contribution in [3.05, 3.63) is 69.7 Å². The van der Waals surface area contributed by atoms with E-state index in [4.69, 9.17) is 0 Å². The molecule has 0 N–H and O–H groups in total. The Bertz CT molecular complexity index is 586. The van der Waals surface area contributed by atoms with Crippen LogP contribution in [0.3, 0.4) is 0 Å². The molecule has 0 aliphatic heterocycles. The van der Waals surface area contributed by atoms with E-state index in [0.717, 1.165) is 16.5 Å². The number of fused-ring (bicyclic) bond motifs is 1. The maximum absolute atomic E-state index is 12.1. The van der Waals surface area contributed by atoms with Crippen LogP contribution in [0, 0.1) is 0 Å². The van der Waals surface area contributed by atoms with Gasteiger partial charge < -0.3 is 0 Å². The van der Waals surface area contributed by atoms with E-state index in [2.05, 4.69) is 34.1 Å². The molecule has 0 bridgehead atoms. The second kappa shape index (κ2) is 4.69. The minimum Gasteiger partial charge on any atom is -0.294 e. The van der Waals surface area contributed by atoms with E-state index in [9.17, 15) is 4.79 Å². The highest BCUT2D eigenvalue weighted by atomic mass is 79.9. The fourth-order valence-corrected chi connectivity index (χ4v) is 2.88. The van der Waals surface area contributed by atoms with Gasteiger partial charge in [0.25, 0.3) is 0 Å². The normalized spacial score (nSPS) is 18.5. The molecule has 18 heavy (non-hydrogen) atoms. The number of rotatable bonds is 1. The second-order valence-corrected chi connectivity index (χ2v) is 5.65. The molecule has 0 aromatic heterocycles. The number of hydrogen-bond acceptors (Lipinski definition) is 1. The van der Waals surface area contributed by atoms with Crippen LogP contribution in [-0.4, -0.2) is 5.78 Å². The lowest BCUT2D eigenvalue weighted by molar-refractivity contribution is 0.0964. The van der Waals surface area contributed by atoms with Gasteiger partial charge in [0.1, 0.15) is 0 Å². The summed E-state index contributed by atoms with van der Waals surface area (Å²) in [5.41, 5.74) is 3.34. The van der Waals surface area contributed by atoms with Gasteiger partial charge in [-0.1, -0.05) is 52.3 Å². The molecule has 1 nitrogen and oxygen atoms in total. The molecule has 0 heterocycles. The molecule has 0 saturated heterocycles. The van der Waals surface area contributed by atoms with E-state index in [1.165, 1.54) is 11.1 Å². The van der Waals surface area contributed by atoms with Crippen molar-refractivity contribution in [3.8, 4) is 0 Å². The van der Waals surface area contributed by atoms with Crippen LogP contribution < -0.4 is 0 Å². The fraction of sp³-hybridized carbons (Fsp3) is 0.188. The summed E-state index contributed by atoms with van der Waals surface area (Å²) in [5.74, 6) is 0.588. The molecular formula is C16H13BrO. The lowest BCUT2D eigenvalue weighted by Crippen LogP contribution is -2.18. The van der Waals surface area contributed by atoms with Gasteiger partial charge in [-0.2, -0.15) is 0 Å². The van der Waals surface area contributed by atoms with Crippen molar-refractivity contribution < 1.29 is 4.79 Å². The SMILES string of the molecule is O=C1CC(c2ccc(Br)cc2)Cc2ccccc21. The average Bonchev–Trinajstić information content (AvgIpc) is 2.39. The van der Waals surface area contributed by atoms with Gasteiger partial charge >= 0.3 is 0 Å². The predicted molar refractivity (Wildman–Crippen MR) is 76.0 cm³/mol.